The summed E-state index contributed by atoms with van der Waals surface area (Å²) in [4.78, 5) is 2.54. The maximum atomic E-state index is 5.66. The first-order valence-electron chi connectivity index (χ1n) is 6.76. The first-order valence-corrected chi connectivity index (χ1v) is 6.76. The molecule has 1 saturated carbocycles. The highest BCUT2D eigenvalue weighted by molar-refractivity contribution is 4.84. The van der Waals surface area contributed by atoms with Crippen LogP contribution in [0.2, 0.25) is 0 Å². The van der Waals surface area contributed by atoms with Crippen molar-refractivity contribution in [1.29, 1.82) is 0 Å². The number of ether oxygens (including phenoxy) is 1. The zero-order valence-corrected chi connectivity index (χ0v) is 11.0. The van der Waals surface area contributed by atoms with Gasteiger partial charge in [0.05, 0.1) is 6.61 Å². The van der Waals surface area contributed by atoms with Gasteiger partial charge >= 0.3 is 0 Å². The van der Waals surface area contributed by atoms with Crippen molar-refractivity contribution in [1.82, 2.24) is 4.90 Å². The Hall–Kier alpha value is -0.120. The maximum absolute atomic E-state index is 5.66. The molecule has 1 aliphatic rings. The second kappa shape index (κ2) is 8.04. The van der Waals surface area contributed by atoms with E-state index >= 15 is 0 Å². The van der Waals surface area contributed by atoms with E-state index in [4.69, 9.17) is 10.5 Å². The highest BCUT2D eigenvalue weighted by Gasteiger charge is 2.27. The van der Waals surface area contributed by atoms with Gasteiger partial charge in [-0.3, -0.25) is 4.90 Å². The SMILES string of the molecule is CC(C)CCOCCN(CCCN)C1CC1. The Morgan fingerprint density at radius 3 is 2.56 bits per heavy atom. The number of rotatable bonds is 10. The standard InChI is InChI=1S/C13H28N2O/c1-12(2)6-10-16-11-9-15(8-3-7-14)13-4-5-13/h12-13H,3-11,14H2,1-2H3. The molecule has 0 amide bonds. The zero-order valence-electron chi connectivity index (χ0n) is 11.0. The molecule has 3 heteroatoms. The van der Waals surface area contributed by atoms with Crippen molar-refractivity contribution in [3.63, 3.8) is 0 Å². The molecule has 3 nitrogen and oxygen atoms in total. The molecule has 0 aromatic rings. The van der Waals surface area contributed by atoms with Crippen molar-refractivity contribution in [2.24, 2.45) is 11.7 Å². The molecule has 1 fully saturated rings. The predicted molar refractivity (Wildman–Crippen MR) is 68.5 cm³/mol. The van der Waals surface area contributed by atoms with Crippen molar-refractivity contribution in [3.8, 4) is 0 Å². The minimum Gasteiger partial charge on any atom is -0.380 e. The summed E-state index contributed by atoms with van der Waals surface area (Å²) >= 11 is 0. The number of hydrogen-bond donors (Lipinski definition) is 1. The van der Waals surface area contributed by atoms with Crippen LogP contribution in [0.4, 0.5) is 0 Å². The van der Waals surface area contributed by atoms with Gasteiger partial charge in [0.2, 0.25) is 0 Å². The molecule has 1 rings (SSSR count). The van der Waals surface area contributed by atoms with Gasteiger partial charge in [0.25, 0.3) is 0 Å². The molecule has 0 aromatic carbocycles. The Morgan fingerprint density at radius 2 is 2.00 bits per heavy atom. The number of nitrogens with two attached hydrogens (primary N) is 1. The molecule has 0 radical (unpaired) electrons. The summed E-state index contributed by atoms with van der Waals surface area (Å²) in [6.07, 6.45) is 5.03. The minimum absolute atomic E-state index is 0.747. The molecule has 1 aliphatic carbocycles. The maximum Gasteiger partial charge on any atom is 0.0593 e. The van der Waals surface area contributed by atoms with E-state index in [1.54, 1.807) is 0 Å². The third-order valence-corrected chi connectivity index (χ3v) is 3.08. The molecule has 96 valence electrons. The molecular formula is C13H28N2O. The Bertz CT molecular complexity index is 169. The van der Waals surface area contributed by atoms with Gasteiger partial charge in [-0.1, -0.05) is 13.8 Å². The van der Waals surface area contributed by atoms with Crippen LogP contribution >= 0.6 is 0 Å². The van der Waals surface area contributed by atoms with E-state index in [9.17, 15) is 0 Å². The number of nitrogens with zero attached hydrogens (tertiary/aromatic N) is 1. The topological polar surface area (TPSA) is 38.5 Å². The van der Waals surface area contributed by atoms with Crippen LogP contribution in [0.3, 0.4) is 0 Å². The van der Waals surface area contributed by atoms with Crippen LogP contribution in [0.1, 0.15) is 39.5 Å². The van der Waals surface area contributed by atoms with Crippen molar-refractivity contribution < 1.29 is 4.74 Å². The largest absolute Gasteiger partial charge is 0.380 e. The highest BCUT2D eigenvalue weighted by atomic mass is 16.5. The van der Waals surface area contributed by atoms with Crippen LogP contribution < -0.4 is 5.73 Å². The van der Waals surface area contributed by atoms with E-state index in [2.05, 4.69) is 18.7 Å². The van der Waals surface area contributed by atoms with Crippen molar-refractivity contribution in [3.05, 3.63) is 0 Å². The number of hydrogen-bond acceptors (Lipinski definition) is 3. The molecule has 0 spiro atoms. The van der Waals surface area contributed by atoms with E-state index < -0.39 is 0 Å². The molecule has 16 heavy (non-hydrogen) atoms. The van der Waals surface area contributed by atoms with E-state index in [0.29, 0.717) is 0 Å². The minimum atomic E-state index is 0.747. The lowest BCUT2D eigenvalue weighted by atomic mass is 10.1. The van der Waals surface area contributed by atoms with Crippen molar-refractivity contribution >= 4 is 0 Å². The van der Waals surface area contributed by atoms with E-state index in [1.165, 1.54) is 19.3 Å². The van der Waals surface area contributed by atoms with Gasteiger partial charge in [0.1, 0.15) is 0 Å². The normalized spacial score (nSPS) is 16.3. The summed E-state index contributed by atoms with van der Waals surface area (Å²) in [5.41, 5.74) is 5.55. The third kappa shape index (κ3) is 6.46. The zero-order chi connectivity index (χ0) is 11.8. The molecular weight excluding hydrogens is 200 g/mol. The summed E-state index contributed by atoms with van der Waals surface area (Å²) in [6, 6.07) is 0.834. The summed E-state index contributed by atoms with van der Waals surface area (Å²) in [6.45, 7) is 9.30. The van der Waals surface area contributed by atoms with Crippen LogP contribution in [0.15, 0.2) is 0 Å². The molecule has 0 atom stereocenters. The van der Waals surface area contributed by atoms with Gasteiger partial charge in [-0.25, -0.2) is 0 Å². The average Bonchev–Trinajstić information content (AvgIpc) is 3.05. The lowest BCUT2D eigenvalue weighted by molar-refractivity contribution is 0.0933. The van der Waals surface area contributed by atoms with Gasteiger partial charge in [0.15, 0.2) is 0 Å². The van der Waals surface area contributed by atoms with Crippen molar-refractivity contribution in [2.75, 3.05) is 32.8 Å². The van der Waals surface area contributed by atoms with Gasteiger partial charge in [-0.15, -0.1) is 0 Å². The van der Waals surface area contributed by atoms with Gasteiger partial charge in [-0.05, 0) is 44.7 Å². The molecule has 0 heterocycles. The Labute approximate surface area is 100 Å². The fourth-order valence-electron chi connectivity index (χ4n) is 1.81. The quantitative estimate of drug-likeness (QED) is 0.580. The van der Waals surface area contributed by atoms with Crippen LogP contribution in [0.5, 0.6) is 0 Å². The Balaban J connectivity index is 1.99. The molecule has 0 aliphatic heterocycles. The van der Waals surface area contributed by atoms with Gasteiger partial charge in [-0.2, -0.15) is 0 Å². The van der Waals surface area contributed by atoms with Crippen LogP contribution in [-0.4, -0.2) is 43.8 Å². The van der Waals surface area contributed by atoms with E-state index in [0.717, 1.165) is 51.2 Å². The third-order valence-electron chi connectivity index (χ3n) is 3.08. The van der Waals surface area contributed by atoms with Crippen LogP contribution in [-0.2, 0) is 4.74 Å². The van der Waals surface area contributed by atoms with E-state index in [1.807, 2.05) is 0 Å². The first kappa shape index (κ1) is 13.9. The highest BCUT2D eigenvalue weighted by Crippen LogP contribution is 2.26. The monoisotopic (exact) mass is 228 g/mol. The Morgan fingerprint density at radius 1 is 1.25 bits per heavy atom. The van der Waals surface area contributed by atoms with E-state index in [-0.39, 0.29) is 0 Å². The van der Waals surface area contributed by atoms with Crippen LogP contribution in [0.25, 0.3) is 0 Å². The molecule has 2 N–H and O–H groups in total. The fourth-order valence-corrected chi connectivity index (χ4v) is 1.81. The van der Waals surface area contributed by atoms with Gasteiger partial charge < -0.3 is 10.5 Å². The summed E-state index contributed by atoms with van der Waals surface area (Å²) in [5, 5.41) is 0. The summed E-state index contributed by atoms with van der Waals surface area (Å²) in [5.74, 6) is 0.747. The second-order valence-corrected chi connectivity index (χ2v) is 5.20. The lowest BCUT2D eigenvalue weighted by Gasteiger charge is -2.21. The molecule has 0 bridgehead atoms. The summed E-state index contributed by atoms with van der Waals surface area (Å²) < 4.78 is 5.66. The van der Waals surface area contributed by atoms with Crippen molar-refractivity contribution in [2.45, 2.75) is 45.6 Å². The first-order chi connectivity index (χ1) is 7.74. The Kier molecular flexibility index (Phi) is 7.01. The molecule has 0 unspecified atom stereocenters. The summed E-state index contributed by atoms with van der Waals surface area (Å²) in [7, 11) is 0. The van der Waals surface area contributed by atoms with Gasteiger partial charge in [0, 0.05) is 19.2 Å². The van der Waals surface area contributed by atoms with Crippen LogP contribution in [0, 0.1) is 5.92 Å². The molecule has 0 saturated heterocycles. The lowest BCUT2D eigenvalue weighted by Crippen LogP contribution is -2.32. The second-order valence-electron chi connectivity index (χ2n) is 5.20. The predicted octanol–water partition coefficient (Wildman–Crippen LogP) is 1.86. The fraction of sp³-hybridized carbons (Fsp3) is 1.00. The molecule has 0 aromatic heterocycles. The average molecular weight is 228 g/mol. The smallest absolute Gasteiger partial charge is 0.0593 e.